The highest BCUT2D eigenvalue weighted by Gasteiger charge is 2.10. The third-order valence-corrected chi connectivity index (χ3v) is 3.93. The molecule has 1 aromatic carbocycles. The number of hydrogen-bond acceptors (Lipinski definition) is 2. The van der Waals surface area contributed by atoms with E-state index in [1.54, 1.807) is 12.1 Å². The van der Waals surface area contributed by atoms with Gasteiger partial charge in [-0.3, -0.25) is 9.48 Å². The number of carbonyl (C=O) groups excluding carboxylic acids is 1. The Morgan fingerprint density at radius 3 is 2.81 bits per heavy atom. The second kappa shape index (κ2) is 7.09. The molecule has 0 atom stereocenters. The summed E-state index contributed by atoms with van der Waals surface area (Å²) in [4.78, 5) is 12.1. The largest absolute Gasteiger partial charge is 0.352 e. The molecular formula is C15H17BrClN3O. The lowest BCUT2D eigenvalue weighted by atomic mass is 10.2. The molecule has 2 aromatic rings. The van der Waals surface area contributed by atoms with Crippen LogP contribution in [0.25, 0.3) is 0 Å². The lowest BCUT2D eigenvalue weighted by Gasteiger charge is -2.08. The van der Waals surface area contributed by atoms with Crippen LogP contribution in [0.4, 0.5) is 0 Å². The summed E-state index contributed by atoms with van der Waals surface area (Å²) in [5.74, 6) is -0.158. The van der Waals surface area contributed by atoms with Crippen LogP contribution < -0.4 is 5.32 Å². The maximum Gasteiger partial charge on any atom is 0.252 e. The minimum absolute atomic E-state index is 0.158. The normalized spacial score (nSPS) is 10.7. The van der Waals surface area contributed by atoms with Crippen molar-refractivity contribution in [1.82, 2.24) is 15.1 Å². The fourth-order valence-corrected chi connectivity index (χ4v) is 2.66. The fraction of sp³-hybridized carbons (Fsp3) is 0.333. The van der Waals surface area contributed by atoms with Crippen molar-refractivity contribution in [3.8, 4) is 0 Å². The number of hydrogen-bond donors (Lipinski definition) is 1. The van der Waals surface area contributed by atoms with Gasteiger partial charge in [-0.05, 0) is 44.5 Å². The molecule has 0 bridgehead atoms. The molecular weight excluding hydrogens is 354 g/mol. The average molecular weight is 371 g/mol. The number of carbonyl (C=O) groups is 1. The summed E-state index contributed by atoms with van der Waals surface area (Å²) in [6, 6.07) is 7.27. The van der Waals surface area contributed by atoms with Crippen LogP contribution in [0.2, 0.25) is 5.02 Å². The van der Waals surface area contributed by atoms with Crippen molar-refractivity contribution in [3.63, 3.8) is 0 Å². The number of aromatic nitrogens is 2. The third kappa shape index (κ3) is 4.32. The minimum atomic E-state index is -0.158. The van der Waals surface area contributed by atoms with Crippen molar-refractivity contribution < 1.29 is 4.79 Å². The summed E-state index contributed by atoms with van der Waals surface area (Å²) >= 11 is 9.36. The molecule has 0 aliphatic rings. The standard InChI is InChI=1S/C15H17BrClN3O/c1-10-8-11(2)20(19-10)7-3-6-18-15(21)13-9-12(16)4-5-14(13)17/h4-5,8-9H,3,6-7H2,1-2H3,(H,18,21). The van der Waals surface area contributed by atoms with Gasteiger partial charge in [0.15, 0.2) is 0 Å². The first-order valence-corrected chi connectivity index (χ1v) is 7.89. The molecule has 0 radical (unpaired) electrons. The van der Waals surface area contributed by atoms with E-state index in [4.69, 9.17) is 11.6 Å². The van der Waals surface area contributed by atoms with E-state index < -0.39 is 0 Å². The van der Waals surface area contributed by atoms with Crippen LogP contribution in [0.3, 0.4) is 0 Å². The molecule has 2 rings (SSSR count). The second-order valence-corrected chi connectivity index (χ2v) is 6.21. The van der Waals surface area contributed by atoms with E-state index in [0.717, 1.165) is 28.8 Å². The van der Waals surface area contributed by atoms with Crippen molar-refractivity contribution in [2.24, 2.45) is 0 Å². The Balaban J connectivity index is 1.84. The number of nitrogens with one attached hydrogen (secondary N) is 1. The van der Waals surface area contributed by atoms with Crippen molar-refractivity contribution in [2.45, 2.75) is 26.8 Å². The molecule has 0 aliphatic carbocycles. The van der Waals surface area contributed by atoms with Crippen LogP contribution in [-0.2, 0) is 6.54 Å². The van der Waals surface area contributed by atoms with Crippen molar-refractivity contribution in [1.29, 1.82) is 0 Å². The van der Waals surface area contributed by atoms with Gasteiger partial charge in [-0.15, -0.1) is 0 Å². The number of rotatable bonds is 5. The smallest absolute Gasteiger partial charge is 0.252 e. The van der Waals surface area contributed by atoms with Gasteiger partial charge in [0.05, 0.1) is 16.3 Å². The van der Waals surface area contributed by atoms with Crippen molar-refractivity contribution >= 4 is 33.4 Å². The molecule has 0 fully saturated rings. The maximum atomic E-state index is 12.1. The van der Waals surface area contributed by atoms with Crippen LogP contribution >= 0.6 is 27.5 Å². The fourth-order valence-electron chi connectivity index (χ4n) is 2.10. The maximum absolute atomic E-state index is 12.1. The summed E-state index contributed by atoms with van der Waals surface area (Å²) in [5, 5.41) is 7.72. The summed E-state index contributed by atoms with van der Waals surface area (Å²) in [5.41, 5.74) is 2.63. The van der Waals surface area contributed by atoms with Crippen molar-refractivity contribution in [2.75, 3.05) is 6.54 Å². The Hall–Kier alpha value is -1.33. The van der Waals surface area contributed by atoms with Gasteiger partial charge < -0.3 is 5.32 Å². The number of aryl methyl sites for hydroxylation is 3. The van der Waals surface area contributed by atoms with Crippen LogP contribution in [0.5, 0.6) is 0 Å². The van der Waals surface area contributed by atoms with Gasteiger partial charge in [0.1, 0.15) is 0 Å². The van der Waals surface area contributed by atoms with Crippen LogP contribution in [0.1, 0.15) is 28.2 Å². The lowest BCUT2D eigenvalue weighted by molar-refractivity contribution is 0.0952. The number of amides is 1. The van der Waals surface area contributed by atoms with Crippen molar-refractivity contribution in [3.05, 3.63) is 50.7 Å². The van der Waals surface area contributed by atoms with E-state index in [1.807, 2.05) is 30.7 Å². The van der Waals surface area contributed by atoms with Crippen LogP contribution in [0, 0.1) is 13.8 Å². The zero-order valence-electron chi connectivity index (χ0n) is 12.0. The summed E-state index contributed by atoms with van der Waals surface area (Å²) < 4.78 is 2.79. The lowest BCUT2D eigenvalue weighted by Crippen LogP contribution is -2.25. The number of benzene rings is 1. The van der Waals surface area contributed by atoms with Gasteiger partial charge in [-0.1, -0.05) is 27.5 Å². The van der Waals surface area contributed by atoms with E-state index in [-0.39, 0.29) is 5.91 Å². The Morgan fingerprint density at radius 2 is 2.14 bits per heavy atom. The highest BCUT2D eigenvalue weighted by Crippen LogP contribution is 2.20. The zero-order valence-corrected chi connectivity index (χ0v) is 14.3. The predicted molar refractivity (Wildman–Crippen MR) is 87.8 cm³/mol. The molecule has 112 valence electrons. The van der Waals surface area contributed by atoms with Crippen LogP contribution in [0.15, 0.2) is 28.7 Å². The van der Waals surface area contributed by atoms with E-state index in [0.29, 0.717) is 17.1 Å². The van der Waals surface area contributed by atoms with Crippen LogP contribution in [-0.4, -0.2) is 22.2 Å². The van der Waals surface area contributed by atoms with E-state index in [9.17, 15) is 4.79 Å². The molecule has 1 aromatic heterocycles. The number of halogens is 2. The molecule has 1 heterocycles. The summed E-state index contributed by atoms with van der Waals surface area (Å²) in [7, 11) is 0. The third-order valence-electron chi connectivity index (χ3n) is 3.11. The Labute approximate surface area is 137 Å². The molecule has 1 N–H and O–H groups in total. The minimum Gasteiger partial charge on any atom is -0.352 e. The van der Waals surface area contributed by atoms with E-state index in [1.165, 1.54) is 0 Å². The predicted octanol–water partition coefficient (Wildman–Crippen LogP) is 3.74. The summed E-state index contributed by atoms with van der Waals surface area (Å²) in [6.45, 7) is 5.37. The number of nitrogens with zero attached hydrogens (tertiary/aromatic N) is 2. The molecule has 21 heavy (non-hydrogen) atoms. The second-order valence-electron chi connectivity index (χ2n) is 4.88. The first kappa shape index (κ1) is 16.0. The van der Waals surface area contributed by atoms with Gasteiger partial charge in [0.2, 0.25) is 0 Å². The van der Waals surface area contributed by atoms with Gasteiger partial charge in [-0.25, -0.2) is 0 Å². The molecule has 1 amide bonds. The van der Waals surface area contributed by atoms with Gasteiger partial charge in [0, 0.05) is 23.3 Å². The topological polar surface area (TPSA) is 46.9 Å². The van der Waals surface area contributed by atoms with E-state index >= 15 is 0 Å². The molecule has 0 saturated heterocycles. The summed E-state index contributed by atoms with van der Waals surface area (Å²) in [6.07, 6.45) is 0.819. The molecule has 0 spiro atoms. The Bertz CT molecular complexity index is 654. The molecule has 0 aliphatic heterocycles. The highest BCUT2D eigenvalue weighted by molar-refractivity contribution is 9.10. The molecule has 4 nitrogen and oxygen atoms in total. The van der Waals surface area contributed by atoms with E-state index in [2.05, 4.69) is 26.3 Å². The zero-order chi connectivity index (χ0) is 15.4. The van der Waals surface area contributed by atoms with Gasteiger partial charge >= 0.3 is 0 Å². The molecule has 6 heteroatoms. The van der Waals surface area contributed by atoms with Gasteiger partial charge in [0.25, 0.3) is 5.91 Å². The Kier molecular flexibility index (Phi) is 5.42. The Morgan fingerprint density at radius 1 is 1.38 bits per heavy atom. The monoisotopic (exact) mass is 369 g/mol. The first-order chi connectivity index (χ1) is 9.97. The quantitative estimate of drug-likeness (QED) is 0.815. The molecule has 0 saturated carbocycles. The SMILES string of the molecule is Cc1cc(C)n(CCCNC(=O)c2cc(Br)ccc2Cl)n1. The molecule has 0 unspecified atom stereocenters. The van der Waals surface area contributed by atoms with Gasteiger partial charge in [-0.2, -0.15) is 5.10 Å². The average Bonchev–Trinajstić information content (AvgIpc) is 2.75. The first-order valence-electron chi connectivity index (χ1n) is 6.71. The highest BCUT2D eigenvalue weighted by atomic mass is 79.9.